The molecule has 0 saturated carbocycles. The van der Waals surface area contributed by atoms with Gasteiger partial charge in [-0.1, -0.05) is 39.3 Å². The molecule has 0 aliphatic carbocycles. The van der Waals surface area contributed by atoms with Gasteiger partial charge in [-0.25, -0.2) is 17.9 Å². The molecule has 1 unspecified atom stereocenters. The van der Waals surface area contributed by atoms with Crippen molar-refractivity contribution in [3.05, 3.63) is 29.8 Å². The van der Waals surface area contributed by atoms with Crippen LogP contribution < -0.4 is 10.0 Å². The Morgan fingerprint density at radius 2 is 1.77 bits per heavy atom. The molecule has 146 valence electrons. The van der Waals surface area contributed by atoms with Gasteiger partial charge in [0.1, 0.15) is 6.04 Å². The number of sulfonamides is 1. The zero-order valence-corrected chi connectivity index (χ0v) is 16.6. The van der Waals surface area contributed by atoms with Gasteiger partial charge in [0.15, 0.2) is 0 Å². The third-order valence-electron chi connectivity index (χ3n) is 3.72. The van der Waals surface area contributed by atoms with E-state index in [9.17, 15) is 18.0 Å². The van der Waals surface area contributed by atoms with Crippen LogP contribution in [0.2, 0.25) is 0 Å². The summed E-state index contributed by atoms with van der Waals surface area (Å²) in [6.45, 7) is 5.41. The summed E-state index contributed by atoms with van der Waals surface area (Å²) in [7, 11) is -2.56. The Bertz CT molecular complexity index is 699. The average Bonchev–Trinajstić information content (AvgIpc) is 2.59. The summed E-state index contributed by atoms with van der Waals surface area (Å²) in [4.78, 5) is 23.8. The largest absolute Gasteiger partial charge is 0.467 e. The Morgan fingerprint density at radius 1 is 1.15 bits per heavy atom. The number of hydrogen-bond donors (Lipinski definition) is 2. The molecule has 0 saturated heterocycles. The maximum atomic E-state index is 12.3. The van der Waals surface area contributed by atoms with Crippen LogP contribution in [0.5, 0.6) is 0 Å². The van der Waals surface area contributed by atoms with E-state index in [0.717, 1.165) is 18.4 Å². The number of carbonyl (C=O) groups is 2. The standard InChI is InChI=1S/C18H28N2O5S/c1-5-6-14-7-9-15(10-8-14)26(23,24)19-12-17(21)20-16(11-13(2)3)18(22)25-4/h7-10,13,16,19H,5-6,11-12H2,1-4H3,(H,20,21). The minimum absolute atomic E-state index is 0.0943. The number of ether oxygens (including phenoxy) is 1. The van der Waals surface area contributed by atoms with Crippen LogP contribution in [0.25, 0.3) is 0 Å². The molecule has 0 aliphatic heterocycles. The summed E-state index contributed by atoms with van der Waals surface area (Å²) in [5.74, 6) is -0.980. The molecule has 0 spiro atoms. The Morgan fingerprint density at radius 3 is 2.27 bits per heavy atom. The average molecular weight is 384 g/mol. The molecule has 1 aromatic carbocycles. The summed E-state index contributed by atoms with van der Waals surface area (Å²) < 4.78 is 31.5. The first-order valence-corrected chi connectivity index (χ1v) is 10.1. The monoisotopic (exact) mass is 384 g/mol. The van der Waals surface area contributed by atoms with Gasteiger partial charge in [0, 0.05) is 0 Å². The first-order valence-electron chi connectivity index (χ1n) is 8.65. The summed E-state index contributed by atoms with van der Waals surface area (Å²) in [5, 5.41) is 2.51. The van der Waals surface area contributed by atoms with E-state index in [1.54, 1.807) is 12.1 Å². The van der Waals surface area contributed by atoms with Gasteiger partial charge in [-0.15, -0.1) is 0 Å². The number of hydrogen-bond acceptors (Lipinski definition) is 5. The molecular formula is C18H28N2O5S. The molecule has 26 heavy (non-hydrogen) atoms. The molecule has 7 nitrogen and oxygen atoms in total. The van der Waals surface area contributed by atoms with Crippen molar-refractivity contribution in [3.63, 3.8) is 0 Å². The molecule has 0 heterocycles. The second kappa shape index (κ2) is 10.3. The molecule has 1 rings (SSSR count). The quantitative estimate of drug-likeness (QED) is 0.597. The van der Waals surface area contributed by atoms with Gasteiger partial charge >= 0.3 is 5.97 Å². The van der Waals surface area contributed by atoms with E-state index in [4.69, 9.17) is 0 Å². The van der Waals surface area contributed by atoms with E-state index < -0.39 is 34.5 Å². The van der Waals surface area contributed by atoms with Gasteiger partial charge in [-0.2, -0.15) is 0 Å². The van der Waals surface area contributed by atoms with Crippen molar-refractivity contribution >= 4 is 21.9 Å². The second-order valence-corrected chi connectivity index (χ2v) is 8.26. The minimum Gasteiger partial charge on any atom is -0.467 e. The lowest BCUT2D eigenvalue weighted by Crippen LogP contribution is -2.46. The molecule has 0 fully saturated rings. The molecule has 8 heteroatoms. The molecule has 1 atom stereocenters. The van der Waals surface area contributed by atoms with Gasteiger partial charge < -0.3 is 10.1 Å². The van der Waals surface area contributed by atoms with Crippen LogP contribution in [0.1, 0.15) is 39.2 Å². The van der Waals surface area contributed by atoms with Gasteiger partial charge in [0.05, 0.1) is 18.6 Å². The second-order valence-electron chi connectivity index (χ2n) is 6.49. The van der Waals surface area contributed by atoms with Gasteiger partial charge in [0.2, 0.25) is 15.9 Å². The van der Waals surface area contributed by atoms with E-state index in [-0.39, 0.29) is 10.8 Å². The van der Waals surface area contributed by atoms with Crippen LogP contribution in [-0.4, -0.2) is 40.0 Å². The van der Waals surface area contributed by atoms with Crippen LogP contribution in [0.15, 0.2) is 29.2 Å². The lowest BCUT2D eigenvalue weighted by atomic mass is 10.0. The number of methoxy groups -OCH3 is 1. The van der Waals surface area contributed by atoms with E-state index in [0.29, 0.717) is 6.42 Å². The van der Waals surface area contributed by atoms with E-state index in [1.807, 2.05) is 20.8 Å². The highest BCUT2D eigenvalue weighted by atomic mass is 32.2. The normalized spacial score (nSPS) is 12.7. The van der Waals surface area contributed by atoms with Crippen LogP contribution in [0.3, 0.4) is 0 Å². The Labute approximate surface area is 155 Å². The number of nitrogens with one attached hydrogen (secondary N) is 2. The lowest BCUT2D eigenvalue weighted by Gasteiger charge is -2.18. The van der Waals surface area contributed by atoms with E-state index in [1.165, 1.54) is 19.2 Å². The Kier molecular flexibility index (Phi) is 8.74. The number of rotatable bonds is 10. The van der Waals surface area contributed by atoms with Gasteiger partial charge in [0.25, 0.3) is 0 Å². The zero-order valence-electron chi connectivity index (χ0n) is 15.7. The number of benzene rings is 1. The molecule has 1 aromatic rings. The topological polar surface area (TPSA) is 102 Å². The van der Waals surface area contributed by atoms with Crippen molar-refractivity contribution in [2.45, 2.75) is 51.0 Å². The number of carbonyl (C=O) groups excluding carboxylic acids is 2. The smallest absolute Gasteiger partial charge is 0.328 e. The van der Waals surface area contributed by atoms with Gasteiger partial charge in [-0.3, -0.25) is 4.79 Å². The number of aryl methyl sites for hydroxylation is 1. The maximum absolute atomic E-state index is 12.3. The fourth-order valence-corrected chi connectivity index (χ4v) is 3.42. The molecular weight excluding hydrogens is 356 g/mol. The number of esters is 1. The molecule has 0 radical (unpaired) electrons. The summed E-state index contributed by atoms with van der Waals surface area (Å²) in [6.07, 6.45) is 2.26. The third-order valence-corrected chi connectivity index (χ3v) is 5.14. The Balaban J connectivity index is 2.67. The third kappa shape index (κ3) is 7.13. The molecule has 0 aromatic heterocycles. The van der Waals surface area contributed by atoms with Crippen LogP contribution in [-0.2, 0) is 30.8 Å². The Hall–Kier alpha value is -1.93. The van der Waals surface area contributed by atoms with E-state index in [2.05, 4.69) is 14.8 Å². The molecule has 1 amide bonds. The van der Waals surface area contributed by atoms with Crippen molar-refractivity contribution < 1.29 is 22.7 Å². The lowest BCUT2D eigenvalue weighted by molar-refractivity contribution is -0.145. The van der Waals surface area contributed by atoms with Gasteiger partial charge in [-0.05, 0) is 36.5 Å². The fraction of sp³-hybridized carbons (Fsp3) is 0.556. The minimum atomic E-state index is -3.80. The molecule has 0 aliphatic rings. The van der Waals surface area contributed by atoms with Crippen LogP contribution >= 0.6 is 0 Å². The van der Waals surface area contributed by atoms with Crippen molar-refractivity contribution in [2.24, 2.45) is 5.92 Å². The van der Waals surface area contributed by atoms with Crippen LogP contribution in [0.4, 0.5) is 0 Å². The number of amides is 1. The van der Waals surface area contributed by atoms with Crippen molar-refractivity contribution in [3.8, 4) is 0 Å². The zero-order chi connectivity index (χ0) is 19.7. The summed E-state index contributed by atoms with van der Waals surface area (Å²) in [5.41, 5.74) is 1.05. The molecule has 2 N–H and O–H groups in total. The SMILES string of the molecule is CCCc1ccc(S(=O)(=O)NCC(=O)NC(CC(C)C)C(=O)OC)cc1. The van der Waals surface area contributed by atoms with E-state index >= 15 is 0 Å². The predicted molar refractivity (Wildman–Crippen MR) is 99.0 cm³/mol. The van der Waals surface area contributed by atoms with Crippen LogP contribution in [0, 0.1) is 5.92 Å². The van der Waals surface area contributed by atoms with Crippen molar-refractivity contribution in [1.29, 1.82) is 0 Å². The molecule has 0 bridgehead atoms. The fourth-order valence-electron chi connectivity index (χ4n) is 2.44. The maximum Gasteiger partial charge on any atom is 0.328 e. The van der Waals surface area contributed by atoms with Crippen molar-refractivity contribution in [1.82, 2.24) is 10.0 Å². The first kappa shape index (κ1) is 22.1. The first-order chi connectivity index (χ1) is 12.2. The summed E-state index contributed by atoms with van der Waals surface area (Å²) in [6, 6.07) is 5.75. The highest BCUT2D eigenvalue weighted by Crippen LogP contribution is 2.12. The van der Waals surface area contributed by atoms with Crippen molar-refractivity contribution in [2.75, 3.05) is 13.7 Å². The highest BCUT2D eigenvalue weighted by molar-refractivity contribution is 7.89. The predicted octanol–water partition coefficient (Wildman–Crippen LogP) is 1.62. The summed E-state index contributed by atoms with van der Waals surface area (Å²) >= 11 is 0. The highest BCUT2D eigenvalue weighted by Gasteiger charge is 2.23.